The van der Waals surface area contributed by atoms with E-state index in [9.17, 15) is 0 Å². The third kappa shape index (κ3) is 4.35. The summed E-state index contributed by atoms with van der Waals surface area (Å²) >= 11 is 4.78. The molecule has 0 aromatic carbocycles. The zero-order chi connectivity index (χ0) is 4.28. The Morgan fingerprint density at radius 3 is 2.00 bits per heavy atom. The zero-order valence-electron chi connectivity index (χ0n) is 3.69. The molecule has 1 heteroatoms. The van der Waals surface area contributed by atoms with Crippen LogP contribution in [0.2, 0.25) is 0 Å². The number of rotatable bonds is 1. The normalized spacial score (nSPS) is 15.0. The molecule has 31 valence electrons. The van der Waals surface area contributed by atoms with Gasteiger partial charge in [0.25, 0.3) is 0 Å². The van der Waals surface area contributed by atoms with Crippen molar-refractivity contribution < 1.29 is 0 Å². The summed E-state index contributed by atoms with van der Waals surface area (Å²) in [5.74, 6) is 0. The van der Waals surface area contributed by atoms with Crippen molar-refractivity contribution in [2.45, 2.75) is 25.5 Å². The Kier molecular flexibility index (Phi) is 2.76. The van der Waals surface area contributed by atoms with E-state index in [0.29, 0.717) is 5.25 Å². The minimum absolute atomic E-state index is 0.468. The standard InChI is InChI=1S/C4H9S/c1-3-4(2)5/h4H,3H2,1-2H3/t4-/m1/s1. The van der Waals surface area contributed by atoms with Gasteiger partial charge in [0.2, 0.25) is 0 Å². The molecule has 0 heterocycles. The van der Waals surface area contributed by atoms with Gasteiger partial charge in [0.05, 0.1) is 0 Å². The van der Waals surface area contributed by atoms with Crippen LogP contribution in [0.1, 0.15) is 20.3 Å². The molecule has 0 aromatic heterocycles. The molecule has 0 aliphatic rings. The summed E-state index contributed by atoms with van der Waals surface area (Å²) in [5.41, 5.74) is 0. The van der Waals surface area contributed by atoms with Gasteiger partial charge >= 0.3 is 0 Å². The molecule has 0 nitrogen and oxygen atoms in total. The molecule has 0 aliphatic heterocycles. The maximum absolute atomic E-state index is 4.78. The molecule has 1 atom stereocenters. The maximum atomic E-state index is 4.78. The van der Waals surface area contributed by atoms with Crippen LogP contribution >= 0.6 is 12.6 Å². The van der Waals surface area contributed by atoms with Gasteiger partial charge in [-0.3, -0.25) is 0 Å². The van der Waals surface area contributed by atoms with Crippen molar-refractivity contribution in [3.63, 3.8) is 0 Å². The van der Waals surface area contributed by atoms with E-state index in [2.05, 4.69) is 6.92 Å². The lowest BCUT2D eigenvalue weighted by atomic mass is 10.4. The van der Waals surface area contributed by atoms with Gasteiger partial charge in [-0.15, -0.1) is 0 Å². The van der Waals surface area contributed by atoms with Crippen LogP contribution in [0.15, 0.2) is 0 Å². The Balaban J connectivity index is 2.54. The minimum Gasteiger partial charge on any atom is -0.0908 e. The second-order valence-electron chi connectivity index (χ2n) is 1.22. The number of hydrogen-bond acceptors (Lipinski definition) is 0. The average molecular weight is 89.2 g/mol. The molecule has 1 radical (unpaired) electrons. The molecule has 0 aliphatic carbocycles. The van der Waals surface area contributed by atoms with Crippen molar-refractivity contribution >= 4 is 12.6 Å². The second kappa shape index (κ2) is 2.58. The van der Waals surface area contributed by atoms with Gasteiger partial charge in [-0.1, -0.05) is 26.5 Å². The van der Waals surface area contributed by atoms with E-state index in [-0.39, 0.29) is 0 Å². The van der Waals surface area contributed by atoms with Gasteiger partial charge < -0.3 is 0 Å². The Morgan fingerprint density at radius 2 is 2.00 bits per heavy atom. The lowest BCUT2D eigenvalue weighted by molar-refractivity contribution is 0.913. The van der Waals surface area contributed by atoms with Crippen molar-refractivity contribution in [2.24, 2.45) is 0 Å². The maximum Gasteiger partial charge on any atom is 0.0120 e. The summed E-state index contributed by atoms with van der Waals surface area (Å²) in [7, 11) is 0. The largest absolute Gasteiger partial charge is 0.0908 e. The molecule has 0 saturated carbocycles. The van der Waals surface area contributed by atoms with Crippen molar-refractivity contribution in [2.75, 3.05) is 0 Å². The Bertz CT molecular complexity index is 17.6. The molecule has 0 bridgehead atoms. The molecule has 0 fully saturated rings. The average Bonchev–Trinajstić information content (AvgIpc) is 1.38. The van der Waals surface area contributed by atoms with Gasteiger partial charge in [0, 0.05) is 5.25 Å². The van der Waals surface area contributed by atoms with E-state index >= 15 is 0 Å². The van der Waals surface area contributed by atoms with E-state index in [4.69, 9.17) is 12.6 Å². The molecule has 0 N–H and O–H groups in total. The lowest BCUT2D eigenvalue weighted by Crippen LogP contribution is -1.81. The van der Waals surface area contributed by atoms with Crippen LogP contribution in [-0.4, -0.2) is 5.25 Å². The molecule has 0 rings (SSSR count). The van der Waals surface area contributed by atoms with Gasteiger partial charge in [-0.05, 0) is 6.42 Å². The predicted molar refractivity (Wildman–Crippen MR) is 27.3 cm³/mol. The van der Waals surface area contributed by atoms with E-state index in [1.807, 2.05) is 6.92 Å². The monoisotopic (exact) mass is 89.0 g/mol. The predicted octanol–water partition coefficient (Wildman–Crippen LogP) is 1.98. The zero-order valence-corrected chi connectivity index (χ0v) is 4.51. The van der Waals surface area contributed by atoms with Crippen LogP contribution in [0.4, 0.5) is 0 Å². The molecule has 0 spiro atoms. The molecular weight excluding hydrogens is 80.1 g/mol. The van der Waals surface area contributed by atoms with Crippen LogP contribution in [0.5, 0.6) is 0 Å². The highest BCUT2D eigenvalue weighted by atomic mass is 32.1. The molecule has 5 heavy (non-hydrogen) atoms. The second-order valence-corrected chi connectivity index (χ2v) is 2.02. The van der Waals surface area contributed by atoms with Crippen LogP contribution in [0.25, 0.3) is 0 Å². The third-order valence-corrected chi connectivity index (χ3v) is 0.908. The first-order chi connectivity index (χ1) is 2.27. The smallest absolute Gasteiger partial charge is 0.0120 e. The van der Waals surface area contributed by atoms with E-state index in [1.165, 1.54) is 0 Å². The molecule has 0 unspecified atom stereocenters. The van der Waals surface area contributed by atoms with Crippen molar-refractivity contribution in [1.29, 1.82) is 0 Å². The molecule has 0 amide bonds. The molecule has 0 saturated heterocycles. The Hall–Kier alpha value is 0.350. The van der Waals surface area contributed by atoms with E-state index < -0.39 is 0 Å². The van der Waals surface area contributed by atoms with Crippen LogP contribution in [-0.2, 0) is 0 Å². The van der Waals surface area contributed by atoms with Gasteiger partial charge in [-0.25, -0.2) is 0 Å². The molecular formula is C4H9S. The van der Waals surface area contributed by atoms with Gasteiger partial charge in [0.1, 0.15) is 0 Å². The first-order valence-corrected chi connectivity index (χ1v) is 2.40. The summed E-state index contributed by atoms with van der Waals surface area (Å²) < 4.78 is 0. The van der Waals surface area contributed by atoms with Gasteiger partial charge in [0.15, 0.2) is 0 Å². The fourth-order valence-corrected chi connectivity index (χ4v) is 0. The summed E-state index contributed by atoms with van der Waals surface area (Å²) in [6, 6.07) is 0. The SMILES string of the molecule is CC[C@@H](C)[S]. The summed E-state index contributed by atoms with van der Waals surface area (Å²) in [6.07, 6.45) is 1.12. The van der Waals surface area contributed by atoms with Crippen LogP contribution in [0.3, 0.4) is 0 Å². The number of hydrogen-bond donors (Lipinski definition) is 0. The fourth-order valence-electron chi connectivity index (χ4n) is 0. The van der Waals surface area contributed by atoms with Crippen molar-refractivity contribution in [3.05, 3.63) is 0 Å². The minimum atomic E-state index is 0.468. The topological polar surface area (TPSA) is 0 Å². The van der Waals surface area contributed by atoms with E-state index in [0.717, 1.165) is 6.42 Å². The highest BCUT2D eigenvalue weighted by Crippen LogP contribution is 1.94. The Morgan fingerprint density at radius 1 is 1.80 bits per heavy atom. The van der Waals surface area contributed by atoms with Crippen LogP contribution < -0.4 is 0 Å². The highest BCUT2D eigenvalue weighted by molar-refractivity contribution is 7.80. The molecule has 0 aromatic rings. The van der Waals surface area contributed by atoms with Gasteiger partial charge in [-0.2, -0.15) is 0 Å². The highest BCUT2D eigenvalue weighted by Gasteiger charge is 1.82. The first-order valence-electron chi connectivity index (χ1n) is 1.93. The first kappa shape index (κ1) is 5.35. The van der Waals surface area contributed by atoms with Crippen molar-refractivity contribution in [3.8, 4) is 0 Å². The summed E-state index contributed by atoms with van der Waals surface area (Å²) in [6.45, 7) is 4.13. The third-order valence-electron chi connectivity index (χ3n) is 0.575. The lowest BCUT2D eigenvalue weighted by Gasteiger charge is -1.88. The summed E-state index contributed by atoms with van der Waals surface area (Å²) in [5, 5.41) is 0.468. The van der Waals surface area contributed by atoms with E-state index in [1.54, 1.807) is 0 Å². The van der Waals surface area contributed by atoms with Crippen molar-refractivity contribution in [1.82, 2.24) is 0 Å². The fraction of sp³-hybridized carbons (Fsp3) is 1.00. The summed E-state index contributed by atoms with van der Waals surface area (Å²) in [4.78, 5) is 0. The quantitative estimate of drug-likeness (QED) is 0.461. The Labute approximate surface area is 39.0 Å². The van der Waals surface area contributed by atoms with Crippen LogP contribution in [0, 0.1) is 0 Å².